The minimum absolute atomic E-state index is 0.178. The van der Waals surface area contributed by atoms with Gasteiger partial charge in [0.25, 0.3) is 0 Å². The van der Waals surface area contributed by atoms with E-state index >= 15 is 0 Å². The van der Waals surface area contributed by atoms with E-state index in [4.69, 9.17) is 9.47 Å². The van der Waals surface area contributed by atoms with E-state index in [1.807, 2.05) is 13.8 Å². The van der Waals surface area contributed by atoms with Crippen LogP contribution in [0, 0.1) is 0 Å². The molecule has 6 heteroatoms. The first kappa shape index (κ1) is 16.6. The molecule has 0 aromatic carbocycles. The van der Waals surface area contributed by atoms with Crippen LogP contribution in [0.15, 0.2) is 4.99 Å². The van der Waals surface area contributed by atoms with Crippen LogP contribution < -0.4 is 5.32 Å². The fraction of sp³-hybridized carbons (Fsp3) is 0.750. The molecule has 0 fully saturated rings. The number of nitrogens with zero attached hydrogens (tertiary/aromatic N) is 1. The van der Waals surface area contributed by atoms with Gasteiger partial charge in [-0.3, -0.25) is 9.79 Å². The van der Waals surface area contributed by atoms with Crippen molar-refractivity contribution in [2.24, 2.45) is 4.99 Å². The van der Waals surface area contributed by atoms with Crippen molar-refractivity contribution in [3.63, 3.8) is 0 Å². The second kappa shape index (κ2) is 8.63. The number of ether oxygens (including phenoxy) is 2. The highest BCUT2D eigenvalue weighted by Gasteiger charge is 2.20. The molecule has 2 atom stereocenters. The Kier molecular flexibility index (Phi) is 7.94. The Balaban J connectivity index is 4.14. The minimum Gasteiger partial charge on any atom is -0.462 e. The number of carbonyl (C=O) groups excluding carboxylic acids is 2. The van der Waals surface area contributed by atoms with Crippen molar-refractivity contribution >= 4 is 17.6 Å². The van der Waals surface area contributed by atoms with Gasteiger partial charge in [0.15, 0.2) is 0 Å². The van der Waals surface area contributed by atoms with Gasteiger partial charge in [-0.15, -0.1) is 0 Å². The summed E-state index contributed by atoms with van der Waals surface area (Å²) in [4.78, 5) is 27.2. The summed E-state index contributed by atoms with van der Waals surface area (Å²) in [5, 5.41) is 2.55. The third-order valence-corrected chi connectivity index (χ3v) is 2.08. The van der Waals surface area contributed by atoms with Gasteiger partial charge in [-0.1, -0.05) is 0 Å². The molecule has 0 saturated carbocycles. The number of amides is 1. The highest BCUT2D eigenvalue weighted by atomic mass is 16.6. The van der Waals surface area contributed by atoms with Crippen LogP contribution in [0.5, 0.6) is 0 Å². The van der Waals surface area contributed by atoms with E-state index in [0.717, 1.165) is 5.71 Å². The van der Waals surface area contributed by atoms with E-state index in [0.29, 0.717) is 6.61 Å². The van der Waals surface area contributed by atoms with Gasteiger partial charge in [0.05, 0.1) is 6.61 Å². The van der Waals surface area contributed by atoms with Crippen molar-refractivity contribution in [3.05, 3.63) is 0 Å². The Morgan fingerprint density at radius 3 is 2.33 bits per heavy atom. The normalized spacial score (nSPS) is 13.4. The summed E-state index contributed by atoms with van der Waals surface area (Å²) in [6.45, 7) is 7.38. The fourth-order valence-electron chi connectivity index (χ4n) is 1.19. The van der Waals surface area contributed by atoms with Crippen LogP contribution in [-0.4, -0.2) is 50.0 Å². The number of hydrogen-bond donors (Lipinski definition) is 1. The van der Waals surface area contributed by atoms with E-state index in [-0.39, 0.29) is 12.5 Å². The average molecular weight is 258 g/mol. The second-order valence-electron chi connectivity index (χ2n) is 4.14. The number of nitrogens with one attached hydrogen (secondary N) is 1. The van der Waals surface area contributed by atoms with Gasteiger partial charge in [0.2, 0.25) is 5.91 Å². The van der Waals surface area contributed by atoms with Gasteiger partial charge in [-0.2, -0.15) is 0 Å². The molecule has 1 amide bonds. The highest BCUT2D eigenvalue weighted by molar-refractivity contribution is 5.89. The predicted octanol–water partition coefficient (Wildman–Crippen LogP) is 0.550. The van der Waals surface area contributed by atoms with Crippen LogP contribution in [0.4, 0.5) is 0 Å². The molecule has 6 nitrogen and oxygen atoms in total. The Morgan fingerprint density at radius 1 is 1.22 bits per heavy atom. The van der Waals surface area contributed by atoms with Crippen LogP contribution in [0.25, 0.3) is 0 Å². The van der Waals surface area contributed by atoms with Crippen molar-refractivity contribution in [2.75, 3.05) is 20.3 Å². The lowest BCUT2D eigenvalue weighted by atomic mass is 10.2. The number of aliphatic imine (C=N–C) groups is 1. The van der Waals surface area contributed by atoms with Gasteiger partial charge in [-0.05, 0) is 27.7 Å². The first-order valence-corrected chi connectivity index (χ1v) is 5.85. The Labute approximate surface area is 108 Å². The number of methoxy groups -OCH3 is 1. The molecule has 0 aromatic heterocycles. The van der Waals surface area contributed by atoms with Crippen LogP contribution in [0.2, 0.25) is 0 Å². The van der Waals surface area contributed by atoms with Crippen molar-refractivity contribution in [3.8, 4) is 0 Å². The Bertz CT molecular complexity index is 311. The van der Waals surface area contributed by atoms with Crippen molar-refractivity contribution in [1.29, 1.82) is 0 Å². The maximum absolute atomic E-state index is 11.7. The summed E-state index contributed by atoms with van der Waals surface area (Å²) < 4.78 is 9.64. The number of carbonyl (C=O) groups is 2. The fourth-order valence-corrected chi connectivity index (χ4v) is 1.19. The number of rotatable bonds is 7. The molecule has 0 aliphatic heterocycles. The smallest absolute Gasteiger partial charge is 0.328 e. The third kappa shape index (κ3) is 7.01. The molecule has 0 aromatic rings. The lowest BCUT2D eigenvalue weighted by molar-refractivity contribution is -0.148. The molecule has 0 spiro atoms. The molecular weight excluding hydrogens is 236 g/mol. The third-order valence-electron chi connectivity index (χ3n) is 2.08. The molecule has 1 N–H and O–H groups in total. The van der Waals surface area contributed by atoms with E-state index in [9.17, 15) is 9.59 Å². The quantitative estimate of drug-likeness (QED) is 0.411. The maximum atomic E-state index is 11.7. The first-order valence-electron chi connectivity index (χ1n) is 5.85. The van der Waals surface area contributed by atoms with Crippen molar-refractivity contribution in [2.45, 2.75) is 39.8 Å². The van der Waals surface area contributed by atoms with E-state index in [1.165, 1.54) is 7.11 Å². The lowest BCUT2D eigenvalue weighted by Gasteiger charge is -2.15. The molecule has 0 radical (unpaired) electrons. The van der Waals surface area contributed by atoms with Crippen LogP contribution in [0.3, 0.4) is 0 Å². The van der Waals surface area contributed by atoms with E-state index in [1.54, 1.807) is 13.8 Å². The summed E-state index contributed by atoms with van der Waals surface area (Å²) in [5.41, 5.74) is 0.813. The highest BCUT2D eigenvalue weighted by Crippen LogP contribution is 1.95. The van der Waals surface area contributed by atoms with Gasteiger partial charge in [0.1, 0.15) is 18.7 Å². The number of esters is 1. The lowest BCUT2D eigenvalue weighted by Crippen LogP contribution is -2.43. The Morgan fingerprint density at radius 2 is 1.83 bits per heavy atom. The molecule has 0 unspecified atom stereocenters. The molecule has 0 aliphatic carbocycles. The molecule has 0 saturated heterocycles. The van der Waals surface area contributed by atoms with Crippen molar-refractivity contribution in [1.82, 2.24) is 5.32 Å². The SMILES string of the molecule is COCCOC(=O)[C@H](C)NC(=O)[C@@H](C)N=C(C)C. The summed E-state index contributed by atoms with van der Waals surface area (Å²) in [5.74, 6) is -0.780. The molecule has 0 aliphatic rings. The van der Waals surface area contributed by atoms with Crippen LogP contribution >= 0.6 is 0 Å². The van der Waals surface area contributed by atoms with Crippen LogP contribution in [0.1, 0.15) is 27.7 Å². The van der Waals surface area contributed by atoms with Gasteiger partial charge < -0.3 is 14.8 Å². The van der Waals surface area contributed by atoms with E-state index in [2.05, 4.69) is 10.3 Å². The zero-order valence-corrected chi connectivity index (χ0v) is 11.6. The van der Waals surface area contributed by atoms with Gasteiger partial charge in [-0.25, -0.2) is 4.79 Å². The minimum atomic E-state index is -0.691. The second-order valence-corrected chi connectivity index (χ2v) is 4.14. The van der Waals surface area contributed by atoms with Gasteiger partial charge in [0, 0.05) is 12.8 Å². The van der Waals surface area contributed by atoms with E-state index < -0.39 is 18.1 Å². The average Bonchev–Trinajstić information content (AvgIpc) is 2.28. The van der Waals surface area contributed by atoms with Gasteiger partial charge >= 0.3 is 5.97 Å². The maximum Gasteiger partial charge on any atom is 0.328 e. The molecule has 18 heavy (non-hydrogen) atoms. The molecule has 0 bridgehead atoms. The van der Waals surface area contributed by atoms with Crippen LogP contribution in [-0.2, 0) is 19.1 Å². The predicted molar refractivity (Wildman–Crippen MR) is 68.7 cm³/mol. The largest absolute Gasteiger partial charge is 0.462 e. The standard InChI is InChI=1S/C12H22N2O4/c1-8(2)13-9(3)11(15)14-10(4)12(16)18-7-6-17-5/h9-10H,6-7H2,1-5H3,(H,14,15)/t9-,10+/m1/s1. The summed E-state index contributed by atoms with van der Waals surface area (Å²) in [6, 6.07) is -1.20. The molecular formula is C12H22N2O4. The molecule has 0 heterocycles. The first-order chi connectivity index (χ1) is 8.38. The van der Waals surface area contributed by atoms with Crippen molar-refractivity contribution < 1.29 is 19.1 Å². The monoisotopic (exact) mass is 258 g/mol. The summed E-state index contributed by atoms with van der Waals surface area (Å²) in [7, 11) is 1.52. The Hall–Kier alpha value is -1.43. The zero-order valence-electron chi connectivity index (χ0n) is 11.6. The zero-order chi connectivity index (χ0) is 14.1. The number of hydrogen-bond acceptors (Lipinski definition) is 5. The summed E-state index contributed by atoms with van der Waals surface area (Å²) >= 11 is 0. The topological polar surface area (TPSA) is 77.0 Å². The molecule has 0 rings (SSSR count). The summed E-state index contributed by atoms with van der Waals surface area (Å²) in [6.07, 6.45) is 0. The molecule has 104 valence electrons.